The van der Waals surface area contributed by atoms with E-state index in [9.17, 15) is 9.59 Å². The molecule has 0 bridgehead atoms. The molecule has 0 spiro atoms. The Kier molecular flexibility index (Phi) is 5.05. The lowest BCUT2D eigenvalue weighted by Gasteiger charge is -2.30. The number of carbonyl (C=O) groups is 2. The molecule has 2 amide bonds. The van der Waals surface area contributed by atoms with Crippen LogP contribution in [0, 0.1) is 0 Å². The Morgan fingerprint density at radius 3 is 2.35 bits per heavy atom. The van der Waals surface area contributed by atoms with Gasteiger partial charge in [-0.1, -0.05) is 11.6 Å². The summed E-state index contributed by atoms with van der Waals surface area (Å²) in [7, 11) is 0. The van der Waals surface area contributed by atoms with Crippen LogP contribution in [0.25, 0.3) is 0 Å². The van der Waals surface area contributed by atoms with E-state index in [4.69, 9.17) is 11.6 Å². The van der Waals surface area contributed by atoms with Gasteiger partial charge >= 0.3 is 0 Å². The second-order valence-electron chi connectivity index (χ2n) is 7.61. The largest absolute Gasteiger partial charge is 0.347 e. The highest BCUT2D eigenvalue weighted by atomic mass is 35.5. The van der Waals surface area contributed by atoms with Crippen LogP contribution < -0.4 is 10.2 Å². The average Bonchev–Trinajstić information content (AvgIpc) is 2.59. The molecular formula is C21H23ClN2O2. The Morgan fingerprint density at radius 2 is 1.69 bits per heavy atom. The minimum atomic E-state index is -0.288. The second-order valence-corrected chi connectivity index (χ2v) is 8.05. The van der Waals surface area contributed by atoms with E-state index in [1.807, 2.05) is 32.9 Å². The minimum absolute atomic E-state index is 0.0468. The molecule has 1 aliphatic heterocycles. The maximum Gasteiger partial charge on any atom is 0.258 e. The van der Waals surface area contributed by atoms with Crippen molar-refractivity contribution in [3.63, 3.8) is 0 Å². The van der Waals surface area contributed by atoms with Crippen LogP contribution in [0.4, 0.5) is 5.69 Å². The maximum atomic E-state index is 12.9. The topological polar surface area (TPSA) is 49.4 Å². The lowest BCUT2D eigenvalue weighted by atomic mass is 9.97. The van der Waals surface area contributed by atoms with E-state index < -0.39 is 0 Å². The fourth-order valence-electron chi connectivity index (χ4n) is 3.11. The lowest BCUT2D eigenvalue weighted by molar-refractivity contribution is 0.0919. The van der Waals surface area contributed by atoms with E-state index in [0.29, 0.717) is 22.7 Å². The van der Waals surface area contributed by atoms with Gasteiger partial charge in [-0.25, -0.2) is 0 Å². The van der Waals surface area contributed by atoms with Crippen molar-refractivity contribution in [1.82, 2.24) is 5.32 Å². The van der Waals surface area contributed by atoms with Crippen LogP contribution in [0.2, 0.25) is 5.02 Å². The van der Waals surface area contributed by atoms with Gasteiger partial charge in [0.15, 0.2) is 0 Å². The van der Waals surface area contributed by atoms with Gasteiger partial charge in [0.2, 0.25) is 0 Å². The van der Waals surface area contributed by atoms with Crippen LogP contribution in [0.1, 0.15) is 53.5 Å². The zero-order chi connectivity index (χ0) is 18.9. The van der Waals surface area contributed by atoms with Crippen molar-refractivity contribution in [1.29, 1.82) is 0 Å². The molecule has 0 radical (unpaired) electrons. The highest BCUT2D eigenvalue weighted by Crippen LogP contribution is 2.29. The number of carbonyl (C=O) groups excluding carboxylic acids is 2. The van der Waals surface area contributed by atoms with E-state index in [1.54, 1.807) is 35.2 Å². The fraction of sp³-hybridized carbons (Fsp3) is 0.333. The molecule has 0 atom stereocenters. The molecule has 0 saturated carbocycles. The summed E-state index contributed by atoms with van der Waals surface area (Å²) >= 11 is 5.91. The molecule has 3 rings (SSSR count). The third kappa shape index (κ3) is 4.07. The van der Waals surface area contributed by atoms with Crippen LogP contribution in [0.5, 0.6) is 0 Å². The first-order valence-electron chi connectivity index (χ1n) is 8.77. The molecule has 0 saturated heterocycles. The van der Waals surface area contributed by atoms with Gasteiger partial charge in [-0.2, -0.15) is 0 Å². The van der Waals surface area contributed by atoms with Crippen molar-refractivity contribution in [2.24, 2.45) is 0 Å². The third-order valence-corrected chi connectivity index (χ3v) is 4.54. The Bertz CT molecular complexity index is 838. The zero-order valence-electron chi connectivity index (χ0n) is 15.3. The molecule has 2 aromatic rings. The number of hydrogen-bond acceptors (Lipinski definition) is 2. The third-order valence-electron chi connectivity index (χ3n) is 4.29. The van der Waals surface area contributed by atoms with Crippen molar-refractivity contribution < 1.29 is 9.59 Å². The number of nitrogens with one attached hydrogen (secondary N) is 1. The first kappa shape index (κ1) is 18.5. The highest BCUT2D eigenvalue weighted by molar-refractivity contribution is 6.30. The van der Waals surface area contributed by atoms with E-state index in [1.165, 1.54) is 0 Å². The quantitative estimate of drug-likeness (QED) is 0.848. The van der Waals surface area contributed by atoms with Crippen molar-refractivity contribution in [3.05, 3.63) is 64.2 Å². The number of halogens is 1. The number of anilines is 1. The first-order valence-corrected chi connectivity index (χ1v) is 9.15. The normalized spacial score (nSPS) is 13.9. The number of rotatable bonds is 2. The molecule has 1 heterocycles. The van der Waals surface area contributed by atoms with Crippen LogP contribution in [-0.4, -0.2) is 23.9 Å². The van der Waals surface area contributed by atoms with E-state index >= 15 is 0 Å². The molecule has 4 nitrogen and oxygen atoms in total. The predicted octanol–water partition coefficient (Wildman–Crippen LogP) is 4.46. The van der Waals surface area contributed by atoms with Crippen molar-refractivity contribution >= 4 is 29.1 Å². The summed E-state index contributed by atoms with van der Waals surface area (Å²) in [6, 6.07) is 12.5. The predicted molar refractivity (Wildman–Crippen MR) is 105 cm³/mol. The van der Waals surface area contributed by atoms with Gasteiger partial charge in [0.1, 0.15) is 0 Å². The average molecular weight is 371 g/mol. The molecule has 0 aromatic heterocycles. The molecule has 1 aliphatic rings. The second kappa shape index (κ2) is 7.12. The van der Waals surface area contributed by atoms with E-state index in [-0.39, 0.29) is 17.4 Å². The summed E-state index contributed by atoms with van der Waals surface area (Å²) in [4.78, 5) is 27.1. The summed E-state index contributed by atoms with van der Waals surface area (Å²) < 4.78 is 0. The van der Waals surface area contributed by atoms with E-state index in [2.05, 4.69) is 5.32 Å². The Hall–Kier alpha value is -2.33. The number of fused-ring (bicyclic) bond motifs is 1. The molecule has 1 N–H and O–H groups in total. The van der Waals surface area contributed by atoms with Gasteiger partial charge in [0, 0.05) is 33.9 Å². The van der Waals surface area contributed by atoms with Gasteiger partial charge in [-0.15, -0.1) is 0 Å². The Balaban J connectivity index is 1.87. The fourth-order valence-corrected chi connectivity index (χ4v) is 3.24. The Labute approximate surface area is 159 Å². The minimum Gasteiger partial charge on any atom is -0.347 e. The highest BCUT2D eigenvalue weighted by Gasteiger charge is 2.25. The summed E-state index contributed by atoms with van der Waals surface area (Å²) in [6.45, 7) is 6.53. The standard InChI is InChI=1S/C21H23ClN2O2/c1-21(2,3)23-19(25)16-8-11-18-15(13-16)5-4-12-24(18)20(26)14-6-9-17(22)10-7-14/h6-11,13H,4-5,12H2,1-3H3,(H,23,25). The summed E-state index contributed by atoms with van der Waals surface area (Å²) in [5.41, 5.74) is 2.85. The van der Waals surface area contributed by atoms with Crippen LogP contribution in [-0.2, 0) is 6.42 Å². The van der Waals surface area contributed by atoms with Gasteiger partial charge in [0.25, 0.3) is 11.8 Å². The first-order chi connectivity index (χ1) is 12.2. The van der Waals surface area contributed by atoms with Gasteiger partial charge in [-0.05, 0) is 81.6 Å². The summed E-state index contributed by atoms with van der Waals surface area (Å²) in [5, 5.41) is 3.58. The van der Waals surface area contributed by atoms with Crippen molar-refractivity contribution in [2.45, 2.75) is 39.2 Å². The van der Waals surface area contributed by atoms with Gasteiger partial charge in [0.05, 0.1) is 0 Å². The molecule has 2 aromatic carbocycles. The molecule has 136 valence electrons. The smallest absolute Gasteiger partial charge is 0.258 e. The summed E-state index contributed by atoms with van der Waals surface area (Å²) in [6.07, 6.45) is 1.73. The number of hydrogen-bond donors (Lipinski definition) is 1. The van der Waals surface area contributed by atoms with Crippen molar-refractivity contribution in [2.75, 3.05) is 11.4 Å². The molecule has 26 heavy (non-hydrogen) atoms. The van der Waals surface area contributed by atoms with Gasteiger partial charge < -0.3 is 10.2 Å². The number of aryl methyl sites for hydroxylation is 1. The maximum absolute atomic E-state index is 12.9. The van der Waals surface area contributed by atoms with Gasteiger partial charge in [-0.3, -0.25) is 9.59 Å². The number of amides is 2. The summed E-state index contributed by atoms with van der Waals surface area (Å²) in [5.74, 6) is -0.143. The molecule has 0 unspecified atom stereocenters. The zero-order valence-corrected chi connectivity index (χ0v) is 16.1. The number of nitrogens with zero attached hydrogens (tertiary/aromatic N) is 1. The number of benzene rings is 2. The van der Waals surface area contributed by atoms with Crippen molar-refractivity contribution in [3.8, 4) is 0 Å². The lowest BCUT2D eigenvalue weighted by Crippen LogP contribution is -2.40. The SMILES string of the molecule is CC(C)(C)NC(=O)c1ccc2c(c1)CCCN2C(=O)c1ccc(Cl)cc1. The van der Waals surface area contributed by atoms with E-state index in [0.717, 1.165) is 24.1 Å². The van der Waals surface area contributed by atoms with Crippen LogP contribution >= 0.6 is 11.6 Å². The molecule has 0 fully saturated rings. The van der Waals surface area contributed by atoms with Crippen LogP contribution in [0.3, 0.4) is 0 Å². The molecule has 0 aliphatic carbocycles. The monoisotopic (exact) mass is 370 g/mol. The molecule has 5 heteroatoms. The Morgan fingerprint density at radius 1 is 1.04 bits per heavy atom. The van der Waals surface area contributed by atoms with Crippen LogP contribution in [0.15, 0.2) is 42.5 Å². The molecular weight excluding hydrogens is 348 g/mol.